The first-order valence-corrected chi connectivity index (χ1v) is 6.64. The first-order valence-electron chi connectivity index (χ1n) is 6.64. The van der Waals surface area contributed by atoms with E-state index in [1.165, 1.54) is 12.1 Å². The Kier molecular flexibility index (Phi) is 4.50. The summed E-state index contributed by atoms with van der Waals surface area (Å²) in [5.41, 5.74) is 0.943. The van der Waals surface area contributed by atoms with Gasteiger partial charge in [-0.1, -0.05) is 12.1 Å². The molecular weight excluding hydrogens is 257 g/mol. The topological polar surface area (TPSA) is 46.9 Å². The molecule has 0 spiro atoms. The summed E-state index contributed by atoms with van der Waals surface area (Å²) in [5.74, 6) is 0.361. The summed E-state index contributed by atoms with van der Waals surface area (Å²) < 4.78 is 14.5. The van der Waals surface area contributed by atoms with Gasteiger partial charge in [0, 0.05) is 18.5 Å². The maximum atomic E-state index is 12.8. The maximum absolute atomic E-state index is 12.8. The Labute approximate surface area is 117 Å². The molecule has 5 heteroatoms. The Bertz CT molecular complexity index is 575. The number of anilines is 1. The lowest BCUT2D eigenvalue weighted by molar-refractivity contribution is -0.116. The predicted molar refractivity (Wildman–Crippen MR) is 76.0 cm³/mol. The van der Waals surface area contributed by atoms with Crippen LogP contribution in [-0.4, -0.2) is 15.7 Å². The zero-order valence-corrected chi connectivity index (χ0v) is 11.6. The Morgan fingerprint density at radius 2 is 2.00 bits per heavy atom. The SMILES string of the molecule is CC(C)n1nccc1NC(=O)CCc1ccc(F)cc1. The number of aryl methyl sites for hydroxylation is 1. The van der Waals surface area contributed by atoms with Crippen molar-refractivity contribution in [1.29, 1.82) is 0 Å². The minimum absolute atomic E-state index is 0.0725. The van der Waals surface area contributed by atoms with Crippen molar-refractivity contribution in [1.82, 2.24) is 9.78 Å². The smallest absolute Gasteiger partial charge is 0.225 e. The van der Waals surface area contributed by atoms with Crippen molar-refractivity contribution >= 4 is 11.7 Å². The van der Waals surface area contributed by atoms with Gasteiger partial charge in [0.25, 0.3) is 0 Å². The fraction of sp³-hybridized carbons (Fsp3) is 0.333. The molecule has 0 unspecified atom stereocenters. The fourth-order valence-electron chi connectivity index (χ4n) is 1.94. The molecule has 2 rings (SSSR count). The van der Waals surface area contributed by atoms with Gasteiger partial charge in [-0.2, -0.15) is 5.10 Å². The number of amides is 1. The van der Waals surface area contributed by atoms with Gasteiger partial charge in [0.1, 0.15) is 11.6 Å². The summed E-state index contributed by atoms with van der Waals surface area (Å²) in [6.45, 7) is 4.00. The molecule has 0 aliphatic carbocycles. The van der Waals surface area contributed by atoms with E-state index in [0.29, 0.717) is 18.7 Å². The number of halogens is 1. The van der Waals surface area contributed by atoms with E-state index in [4.69, 9.17) is 0 Å². The first-order chi connectivity index (χ1) is 9.56. The average Bonchev–Trinajstić information content (AvgIpc) is 2.86. The van der Waals surface area contributed by atoms with Crippen LogP contribution in [0.15, 0.2) is 36.5 Å². The van der Waals surface area contributed by atoms with Crippen molar-refractivity contribution in [3.05, 3.63) is 47.9 Å². The van der Waals surface area contributed by atoms with E-state index in [2.05, 4.69) is 10.4 Å². The van der Waals surface area contributed by atoms with Crippen LogP contribution >= 0.6 is 0 Å². The molecule has 0 radical (unpaired) electrons. The molecule has 0 fully saturated rings. The van der Waals surface area contributed by atoms with Crippen molar-refractivity contribution in [2.75, 3.05) is 5.32 Å². The van der Waals surface area contributed by atoms with E-state index in [-0.39, 0.29) is 17.8 Å². The second-order valence-electron chi connectivity index (χ2n) is 4.93. The third kappa shape index (κ3) is 3.66. The largest absolute Gasteiger partial charge is 0.311 e. The number of nitrogens with zero attached hydrogens (tertiary/aromatic N) is 2. The third-order valence-corrected chi connectivity index (χ3v) is 2.98. The molecular formula is C15H18FN3O. The van der Waals surface area contributed by atoms with E-state index >= 15 is 0 Å². The number of carbonyl (C=O) groups is 1. The molecule has 0 aliphatic heterocycles. The second-order valence-corrected chi connectivity index (χ2v) is 4.93. The fourth-order valence-corrected chi connectivity index (χ4v) is 1.94. The molecule has 0 bridgehead atoms. The third-order valence-electron chi connectivity index (χ3n) is 2.98. The van der Waals surface area contributed by atoms with Gasteiger partial charge in [0.05, 0.1) is 6.20 Å². The number of hydrogen-bond donors (Lipinski definition) is 1. The first kappa shape index (κ1) is 14.2. The second kappa shape index (κ2) is 6.32. The standard InChI is InChI=1S/C15H18FN3O/c1-11(2)19-14(9-10-17-19)18-15(20)8-5-12-3-6-13(16)7-4-12/h3-4,6-7,9-11H,5,8H2,1-2H3,(H,18,20). The van der Waals surface area contributed by atoms with Gasteiger partial charge in [0.15, 0.2) is 0 Å². The van der Waals surface area contributed by atoms with Gasteiger partial charge in [-0.25, -0.2) is 9.07 Å². The summed E-state index contributed by atoms with van der Waals surface area (Å²) in [6, 6.07) is 8.16. The zero-order chi connectivity index (χ0) is 14.5. The van der Waals surface area contributed by atoms with E-state index in [0.717, 1.165) is 5.56 Å². The van der Waals surface area contributed by atoms with Crippen LogP contribution in [-0.2, 0) is 11.2 Å². The lowest BCUT2D eigenvalue weighted by Crippen LogP contribution is -2.17. The summed E-state index contributed by atoms with van der Waals surface area (Å²) in [5, 5.41) is 7.00. The normalized spacial score (nSPS) is 10.8. The van der Waals surface area contributed by atoms with Crippen LogP contribution in [0.2, 0.25) is 0 Å². The summed E-state index contributed by atoms with van der Waals surface area (Å²) in [6.07, 6.45) is 2.60. The van der Waals surface area contributed by atoms with E-state index in [9.17, 15) is 9.18 Å². The lowest BCUT2D eigenvalue weighted by atomic mass is 10.1. The Morgan fingerprint density at radius 3 is 2.65 bits per heavy atom. The summed E-state index contributed by atoms with van der Waals surface area (Å²) in [4.78, 5) is 11.9. The molecule has 1 amide bonds. The number of aromatic nitrogens is 2. The molecule has 0 saturated carbocycles. The number of rotatable bonds is 5. The quantitative estimate of drug-likeness (QED) is 0.911. The van der Waals surface area contributed by atoms with Crippen LogP contribution < -0.4 is 5.32 Å². The van der Waals surface area contributed by atoms with Crippen LogP contribution in [0.5, 0.6) is 0 Å². The number of carbonyl (C=O) groups excluding carboxylic acids is 1. The monoisotopic (exact) mass is 275 g/mol. The van der Waals surface area contributed by atoms with Crippen molar-refractivity contribution in [3.8, 4) is 0 Å². The zero-order valence-electron chi connectivity index (χ0n) is 11.6. The highest BCUT2D eigenvalue weighted by molar-refractivity contribution is 5.89. The minimum atomic E-state index is -0.265. The number of hydrogen-bond acceptors (Lipinski definition) is 2. The molecule has 1 N–H and O–H groups in total. The van der Waals surface area contributed by atoms with Crippen LogP contribution in [0.4, 0.5) is 10.2 Å². The highest BCUT2D eigenvalue weighted by atomic mass is 19.1. The van der Waals surface area contributed by atoms with Crippen LogP contribution in [0.1, 0.15) is 31.9 Å². The van der Waals surface area contributed by atoms with Gasteiger partial charge in [-0.3, -0.25) is 4.79 Å². The number of nitrogens with one attached hydrogen (secondary N) is 1. The molecule has 0 aliphatic rings. The maximum Gasteiger partial charge on any atom is 0.225 e. The molecule has 1 heterocycles. The molecule has 0 saturated heterocycles. The average molecular weight is 275 g/mol. The molecule has 0 atom stereocenters. The lowest BCUT2D eigenvalue weighted by Gasteiger charge is -2.11. The molecule has 106 valence electrons. The van der Waals surface area contributed by atoms with Crippen molar-refractivity contribution in [3.63, 3.8) is 0 Å². The molecule has 2 aromatic rings. The minimum Gasteiger partial charge on any atom is -0.311 e. The highest BCUT2D eigenvalue weighted by Crippen LogP contribution is 2.13. The van der Waals surface area contributed by atoms with Gasteiger partial charge >= 0.3 is 0 Å². The van der Waals surface area contributed by atoms with Crippen LogP contribution in [0, 0.1) is 5.82 Å². The molecule has 4 nitrogen and oxygen atoms in total. The Hall–Kier alpha value is -2.17. The Balaban J connectivity index is 1.89. The summed E-state index contributed by atoms with van der Waals surface area (Å²) in [7, 11) is 0. The van der Waals surface area contributed by atoms with Gasteiger partial charge in [-0.05, 0) is 38.0 Å². The molecule has 1 aromatic heterocycles. The van der Waals surface area contributed by atoms with Gasteiger partial charge in [-0.15, -0.1) is 0 Å². The van der Waals surface area contributed by atoms with Crippen LogP contribution in [0.3, 0.4) is 0 Å². The number of benzene rings is 1. The van der Waals surface area contributed by atoms with Gasteiger partial charge in [0.2, 0.25) is 5.91 Å². The highest BCUT2D eigenvalue weighted by Gasteiger charge is 2.09. The van der Waals surface area contributed by atoms with E-state index in [1.807, 2.05) is 13.8 Å². The van der Waals surface area contributed by atoms with Gasteiger partial charge < -0.3 is 5.32 Å². The summed E-state index contributed by atoms with van der Waals surface area (Å²) >= 11 is 0. The van der Waals surface area contributed by atoms with Crippen molar-refractivity contribution < 1.29 is 9.18 Å². The Morgan fingerprint density at radius 1 is 1.30 bits per heavy atom. The van der Waals surface area contributed by atoms with E-state index in [1.54, 1.807) is 29.1 Å². The van der Waals surface area contributed by atoms with Crippen LogP contribution in [0.25, 0.3) is 0 Å². The van der Waals surface area contributed by atoms with Crippen molar-refractivity contribution in [2.24, 2.45) is 0 Å². The molecule has 20 heavy (non-hydrogen) atoms. The van der Waals surface area contributed by atoms with E-state index < -0.39 is 0 Å². The molecule has 1 aromatic carbocycles. The predicted octanol–water partition coefficient (Wildman–Crippen LogP) is 3.17. The van der Waals surface area contributed by atoms with Crippen molar-refractivity contribution in [2.45, 2.75) is 32.7 Å².